The van der Waals surface area contributed by atoms with Gasteiger partial charge < -0.3 is 10.6 Å². The van der Waals surface area contributed by atoms with Crippen LogP contribution in [0.25, 0.3) is 0 Å². The van der Waals surface area contributed by atoms with E-state index in [4.69, 9.17) is 11.6 Å². The highest BCUT2D eigenvalue weighted by atomic mass is 35.5. The number of aromatic nitrogens is 2. The maximum atomic E-state index is 12.2. The summed E-state index contributed by atoms with van der Waals surface area (Å²) in [5.74, 6) is 0.691. The minimum absolute atomic E-state index is 0.0651. The number of carbonyl (C=O) groups excluding carboxylic acids is 2. The van der Waals surface area contributed by atoms with Gasteiger partial charge in [0.1, 0.15) is 5.01 Å². The molecule has 0 aliphatic heterocycles. The van der Waals surface area contributed by atoms with Gasteiger partial charge in [-0.15, -0.1) is 22.0 Å². The normalized spacial score (nSPS) is 14.7. The summed E-state index contributed by atoms with van der Waals surface area (Å²) in [6, 6.07) is 7.25. The van der Waals surface area contributed by atoms with Crippen LogP contribution in [0.1, 0.15) is 46.9 Å². The third kappa shape index (κ3) is 6.48. The smallest absolute Gasteiger partial charge is 0.286 e. The minimum atomic E-state index is -0.318. The van der Waals surface area contributed by atoms with Crippen LogP contribution in [0.4, 0.5) is 5.69 Å². The van der Waals surface area contributed by atoms with Crippen molar-refractivity contribution >= 4 is 52.2 Å². The van der Waals surface area contributed by atoms with Gasteiger partial charge in [-0.1, -0.05) is 48.3 Å². The lowest BCUT2D eigenvalue weighted by Crippen LogP contribution is -2.37. The van der Waals surface area contributed by atoms with E-state index in [1.54, 1.807) is 24.3 Å². The molecule has 0 radical (unpaired) electrons. The third-order valence-electron chi connectivity index (χ3n) is 4.17. The molecule has 3 rings (SSSR count). The molecule has 0 unspecified atom stereocenters. The lowest BCUT2D eigenvalue weighted by atomic mass is 9.95. The Bertz CT molecular complexity index is 793. The lowest BCUT2D eigenvalue weighted by Gasteiger charge is -2.22. The summed E-state index contributed by atoms with van der Waals surface area (Å²) in [4.78, 5) is 24.2. The Balaban J connectivity index is 1.42. The molecule has 0 atom stereocenters. The van der Waals surface area contributed by atoms with E-state index < -0.39 is 0 Å². The molecule has 9 heteroatoms. The number of thioether (sulfide) groups is 1. The molecule has 1 aromatic carbocycles. The van der Waals surface area contributed by atoms with Gasteiger partial charge in [-0.3, -0.25) is 9.59 Å². The number of carbonyl (C=O) groups is 2. The van der Waals surface area contributed by atoms with Gasteiger partial charge in [0.25, 0.3) is 5.91 Å². The molecule has 27 heavy (non-hydrogen) atoms. The molecule has 2 aromatic rings. The van der Waals surface area contributed by atoms with Crippen molar-refractivity contribution in [2.75, 3.05) is 11.1 Å². The highest BCUT2D eigenvalue weighted by Gasteiger charge is 2.16. The molecule has 1 saturated carbocycles. The standard InChI is InChI=1S/C18H21ClN4O2S2/c19-12-5-4-8-14(9-12)21-17(25)18-23-22-16(27-18)11-26-10-15(24)20-13-6-2-1-3-7-13/h4-5,8-9,13H,1-3,6-7,10-11H2,(H,20,24)(H,21,25). The molecule has 0 bridgehead atoms. The van der Waals surface area contributed by atoms with Crippen LogP contribution < -0.4 is 10.6 Å². The second kappa shape index (κ2) is 10.1. The molecule has 6 nitrogen and oxygen atoms in total. The third-order valence-corrected chi connectivity index (χ3v) is 6.46. The van der Waals surface area contributed by atoms with Crippen LogP contribution in [0, 0.1) is 0 Å². The summed E-state index contributed by atoms with van der Waals surface area (Å²) in [6.45, 7) is 0. The van der Waals surface area contributed by atoms with Crippen LogP contribution in [-0.4, -0.2) is 33.8 Å². The summed E-state index contributed by atoms with van der Waals surface area (Å²) >= 11 is 8.62. The maximum absolute atomic E-state index is 12.2. The Labute approximate surface area is 171 Å². The first kappa shape index (κ1) is 20.1. The monoisotopic (exact) mass is 424 g/mol. The highest BCUT2D eigenvalue weighted by molar-refractivity contribution is 7.99. The van der Waals surface area contributed by atoms with Gasteiger partial charge in [-0.2, -0.15) is 0 Å². The van der Waals surface area contributed by atoms with Gasteiger partial charge in [-0.05, 0) is 31.0 Å². The quantitative estimate of drug-likeness (QED) is 0.698. The first-order valence-electron chi connectivity index (χ1n) is 8.86. The van der Waals surface area contributed by atoms with Crippen LogP contribution in [0.3, 0.4) is 0 Å². The predicted molar refractivity (Wildman–Crippen MR) is 110 cm³/mol. The Morgan fingerprint density at radius 1 is 1.22 bits per heavy atom. The van der Waals surface area contributed by atoms with Gasteiger partial charge in [0.05, 0.1) is 5.75 Å². The van der Waals surface area contributed by atoms with Gasteiger partial charge in [0.15, 0.2) is 0 Å². The summed E-state index contributed by atoms with van der Waals surface area (Å²) in [6.07, 6.45) is 5.83. The average molecular weight is 425 g/mol. The molecule has 1 aromatic heterocycles. The second-order valence-electron chi connectivity index (χ2n) is 6.36. The number of anilines is 1. The zero-order valence-corrected chi connectivity index (χ0v) is 17.1. The number of hydrogen-bond acceptors (Lipinski definition) is 6. The number of benzene rings is 1. The Kier molecular flexibility index (Phi) is 7.49. The first-order chi connectivity index (χ1) is 13.1. The number of hydrogen-bond donors (Lipinski definition) is 2. The average Bonchev–Trinajstić information content (AvgIpc) is 3.12. The molecular formula is C18H21ClN4O2S2. The first-order valence-corrected chi connectivity index (χ1v) is 11.2. The second-order valence-corrected chi connectivity index (χ2v) is 8.84. The van der Waals surface area contributed by atoms with Gasteiger partial charge >= 0.3 is 0 Å². The van der Waals surface area contributed by atoms with Crippen LogP contribution in [0.2, 0.25) is 5.02 Å². The van der Waals surface area contributed by atoms with Crippen LogP contribution in [0.15, 0.2) is 24.3 Å². The molecule has 0 spiro atoms. The number of nitrogens with one attached hydrogen (secondary N) is 2. The number of rotatable bonds is 7. The van der Waals surface area contributed by atoms with E-state index in [0.29, 0.717) is 28.3 Å². The number of halogens is 1. The Morgan fingerprint density at radius 2 is 2.04 bits per heavy atom. The number of nitrogens with zero attached hydrogens (tertiary/aromatic N) is 2. The molecule has 1 aliphatic rings. The summed E-state index contributed by atoms with van der Waals surface area (Å²) < 4.78 is 0. The van der Waals surface area contributed by atoms with E-state index in [2.05, 4.69) is 20.8 Å². The summed E-state index contributed by atoms with van der Waals surface area (Å²) in [5, 5.41) is 15.4. The fourth-order valence-electron chi connectivity index (χ4n) is 2.90. The van der Waals surface area contributed by atoms with E-state index in [1.807, 2.05) is 0 Å². The van der Waals surface area contributed by atoms with Crippen LogP contribution in [-0.2, 0) is 10.5 Å². The SMILES string of the molecule is O=C(CSCc1nnc(C(=O)Nc2cccc(Cl)c2)s1)NC1CCCCC1. The zero-order valence-electron chi connectivity index (χ0n) is 14.7. The largest absolute Gasteiger partial charge is 0.353 e. The molecule has 2 N–H and O–H groups in total. The Hall–Kier alpha value is -1.64. The van der Waals surface area contributed by atoms with E-state index in [1.165, 1.54) is 42.4 Å². The van der Waals surface area contributed by atoms with E-state index in [9.17, 15) is 9.59 Å². The van der Waals surface area contributed by atoms with Crippen molar-refractivity contribution in [3.63, 3.8) is 0 Å². The molecule has 144 valence electrons. The van der Waals surface area contributed by atoms with Crippen LogP contribution >= 0.6 is 34.7 Å². The molecule has 1 aliphatic carbocycles. The predicted octanol–water partition coefficient (Wildman–Crippen LogP) is 4.13. The minimum Gasteiger partial charge on any atom is -0.353 e. The highest BCUT2D eigenvalue weighted by Crippen LogP contribution is 2.20. The van der Waals surface area contributed by atoms with Gasteiger partial charge in [-0.25, -0.2) is 0 Å². The lowest BCUT2D eigenvalue weighted by molar-refractivity contribution is -0.119. The molecule has 1 fully saturated rings. The van der Waals surface area contributed by atoms with Gasteiger partial charge in [0, 0.05) is 22.5 Å². The summed E-state index contributed by atoms with van der Waals surface area (Å²) in [7, 11) is 0. The van der Waals surface area contributed by atoms with E-state index >= 15 is 0 Å². The van der Waals surface area contributed by atoms with Crippen LogP contribution in [0.5, 0.6) is 0 Å². The van der Waals surface area contributed by atoms with Crippen molar-refractivity contribution in [1.29, 1.82) is 0 Å². The zero-order chi connectivity index (χ0) is 19.1. The van der Waals surface area contributed by atoms with E-state index in [-0.39, 0.29) is 16.8 Å². The topological polar surface area (TPSA) is 84.0 Å². The molecule has 0 saturated heterocycles. The fourth-order valence-corrected chi connectivity index (χ4v) is 4.71. The van der Waals surface area contributed by atoms with Gasteiger partial charge in [0.2, 0.25) is 10.9 Å². The molecule has 2 amide bonds. The summed E-state index contributed by atoms with van der Waals surface area (Å²) in [5.41, 5.74) is 0.609. The van der Waals surface area contributed by atoms with Crippen molar-refractivity contribution in [1.82, 2.24) is 15.5 Å². The molecule has 1 heterocycles. The van der Waals surface area contributed by atoms with Crippen molar-refractivity contribution < 1.29 is 9.59 Å². The van der Waals surface area contributed by atoms with Crippen molar-refractivity contribution in [3.8, 4) is 0 Å². The maximum Gasteiger partial charge on any atom is 0.286 e. The Morgan fingerprint density at radius 3 is 2.81 bits per heavy atom. The number of amides is 2. The van der Waals surface area contributed by atoms with E-state index in [0.717, 1.165) is 17.8 Å². The fraction of sp³-hybridized carbons (Fsp3) is 0.444. The molecular weight excluding hydrogens is 404 g/mol. The van der Waals surface area contributed by atoms with Crippen molar-refractivity contribution in [3.05, 3.63) is 39.3 Å². The van der Waals surface area contributed by atoms with Crippen molar-refractivity contribution in [2.45, 2.75) is 43.9 Å². The van der Waals surface area contributed by atoms with Crippen molar-refractivity contribution in [2.24, 2.45) is 0 Å².